The van der Waals surface area contributed by atoms with Gasteiger partial charge in [-0.2, -0.15) is 0 Å². The summed E-state index contributed by atoms with van der Waals surface area (Å²) in [5.74, 6) is 0.0720. The molecular weight excluding hydrogens is 463 g/mol. The monoisotopic (exact) mass is 482 g/mol. The summed E-state index contributed by atoms with van der Waals surface area (Å²) < 4.78 is 7.08. The third kappa shape index (κ3) is 5.01. The fraction of sp³-hybridized carbons (Fsp3) is 0.286. The van der Waals surface area contributed by atoms with E-state index in [1.54, 1.807) is 0 Å². The van der Waals surface area contributed by atoms with E-state index in [0.29, 0.717) is 13.0 Å². The first-order valence-electron chi connectivity index (χ1n) is 8.63. The van der Waals surface area contributed by atoms with Crippen molar-refractivity contribution in [2.45, 2.75) is 32.1 Å². The predicted octanol–water partition coefficient (Wildman–Crippen LogP) is 5.98. The maximum Gasteiger partial charge on any atom is 0.303 e. The first-order valence-corrected chi connectivity index (χ1v) is 10.1. The lowest BCUT2D eigenvalue weighted by atomic mass is 10.0. The third-order valence-electron chi connectivity index (χ3n) is 4.55. The van der Waals surface area contributed by atoms with Crippen LogP contribution in [0.25, 0.3) is 5.57 Å². The molecule has 136 valence electrons. The van der Waals surface area contributed by atoms with Crippen molar-refractivity contribution in [3.05, 3.63) is 67.8 Å². The fourth-order valence-electron chi connectivity index (χ4n) is 3.20. The van der Waals surface area contributed by atoms with Crippen molar-refractivity contribution in [1.82, 2.24) is 0 Å². The Morgan fingerprint density at radius 1 is 1.15 bits per heavy atom. The molecule has 0 aliphatic heterocycles. The van der Waals surface area contributed by atoms with E-state index >= 15 is 0 Å². The van der Waals surface area contributed by atoms with Crippen LogP contribution in [-0.4, -0.2) is 17.7 Å². The molecule has 3 rings (SSSR count). The highest BCUT2D eigenvalue weighted by molar-refractivity contribution is 14.1. The maximum atomic E-state index is 10.7. The summed E-state index contributed by atoms with van der Waals surface area (Å²) in [6.07, 6.45) is 3.98. The SMILES string of the molecule is O=C(O)CCc1ccc(OCC2=C(c3ccc(Cl)cc3)CCC2)c(I)c1. The summed E-state index contributed by atoms with van der Waals surface area (Å²) in [4.78, 5) is 10.7. The third-order valence-corrected chi connectivity index (χ3v) is 5.65. The lowest BCUT2D eigenvalue weighted by molar-refractivity contribution is -0.136. The molecule has 1 aliphatic carbocycles. The minimum Gasteiger partial charge on any atom is -0.488 e. The van der Waals surface area contributed by atoms with E-state index < -0.39 is 5.97 Å². The molecule has 1 N–H and O–H groups in total. The van der Waals surface area contributed by atoms with Gasteiger partial charge in [-0.25, -0.2) is 0 Å². The van der Waals surface area contributed by atoms with Gasteiger partial charge in [0.05, 0.1) is 3.57 Å². The number of carboxylic acid groups (broad SMARTS) is 1. The highest BCUT2D eigenvalue weighted by Gasteiger charge is 2.17. The Morgan fingerprint density at radius 3 is 2.62 bits per heavy atom. The van der Waals surface area contributed by atoms with Gasteiger partial charge in [0.1, 0.15) is 12.4 Å². The fourth-order valence-corrected chi connectivity index (χ4v) is 4.06. The number of hydrogen-bond acceptors (Lipinski definition) is 2. The van der Waals surface area contributed by atoms with E-state index in [2.05, 4.69) is 34.7 Å². The molecule has 3 nitrogen and oxygen atoms in total. The first kappa shape index (κ1) is 19.2. The van der Waals surface area contributed by atoms with Gasteiger partial charge in [-0.3, -0.25) is 4.79 Å². The molecule has 0 aromatic heterocycles. The van der Waals surface area contributed by atoms with Crippen LogP contribution in [0.3, 0.4) is 0 Å². The number of hydrogen-bond donors (Lipinski definition) is 1. The van der Waals surface area contributed by atoms with Crippen molar-refractivity contribution in [1.29, 1.82) is 0 Å². The van der Waals surface area contributed by atoms with Gasteiger partial charge >= 0.3 is 5.97 Å². The number of carboxylic acids is 1. The highest BCUT2D eigenvalue weighted by Crippen LogP contribution is 2.35. The van der Waals surface area contributed by atoms with Gasteiger partial charge in [0.2, 0.25) is 0 Å². The number of aryl methyl sites for hydroxylation is 1. The van der Waals surface area contributed by atoms with E-state index in [1.165, 1.54) is 16.7 Å². The second-order valence-electron chi connectivity index (χ2n) is 6.39. The van der Waals surface area contributed by atoms with Crippen molar-refractivity contribution in [2.75, 3.05) is 6.61 Å². The van der Waals surface area contributed by atoms with Gasteiger partial charge in [-0.05, 0) is 94.8 Å². The molecule has 0 heterocycles. The number of rotatable bonds is 7. The van der Waals surface area contributed by atoms with Crippen molar-refractivity contribution < 1.29 is 14.6 Å². The molecule has 0 saturated carbocycles. The summed E-state index contributed by atoms with van der Waals surface area (Å²) in [6.45, 7) is 0.586. The quantitative estimate of drug-likeness (QED) is 0.494. The maximum absolute atomic E-state index is 10.7. The topological polar surface area (TPSA) is 46.5 Å². The Hall–Kier alpha value is -1.53. The van der Waals surface area contributed by atoms with Crippen LogP contribution >= 0.6 is 34.2 Å². The molecular formula is C21H20ClIO3. The number of aliphatic carboxylic acids is 1. The standard InChI is InChI=1S/C21H20ClIO3/c22-17-8-6-15(7-9-17)18-3-1-2-16(18)13-26-20-10-4-14(12-19(20)23)5-11-21(24)25/h4,6-10,12H,1-3,5,11,13H2,(H,24,25). The van der Waals surface area contributed by atoms with Crippen LogP contribution in [-0.2, 0) is 11.2 Å². The molecule has 0 amide bonds. The molecule has 5 heteroatoms. The molecule has 0 bridgehead atoms. The lowest BCUT2D eigenvalue weighted by Gasteiger charge is -2.12. The molecule has 0 unspecified atom stereocenters. The molecule has 2 aromatic rings. The molecule has 0 radical (unpaired) electrons. The number of carbonyl (C=O) groups is 1. The number of benzene rings is 2. The molecule has 0 saturated heterocycles. The van der Waals surface area contributed by atoms with Gasteiger partial charge in [0, 0.05) is 11.4 Å². The van der Waals surface area contributed by atoms with Crippen LogP contribution in [0.2, 0.25) is 5.02 Å². The molecule has 0 atom stereocenters. The van der Waals surface area contributed by atoms with Crippen LogP contribution in [0, 0.1) is 3.57 Å². The minimum absolute atomic E-state index is 0.146. The lowest BCUT2D eigenvalue weighted by Crippen LogP contribution is -2.03. The van der Waals surface area contributed by atoms with Crippen molar-refractivity contribution in [3.63, 3.8) is 0 Å². The van der Waals surface area contributed by atoms with Gasteiger partial charge in [-0.15, -0.1) is 0 Å². The number of ether oxygens (including phenoxy) is 1. The van der Waals surface area contributed by atoms with Gasteiger partial charge in [0.15, 0.2) is 0 Å². The minimum atomic E-state index is -0.775. The molecule has 1 aliphatic rings. The van der Waals surface area contributed by atoms with Crippen LogP contribution < -0.4 is 4.74 Å². The van der Waals surface area contributed by atoms with E-state index in [9.17, 15) is 4.79 Å². The molecule has 26 heavy (non-hydrogen) atoms. The van der Waals surface area contributed by atoms with Crippen molar-refractivity contribution in [2.24, 2.45) is 0 Å². The zero-order chi connectivity index (χ0) is 18.5. The van der Waals surface area contributed by atoms with Crippen molar-refractivity contribution in [3.8, 4) is 5.75 Å². The Labute approximate surface area is 172 Å². The van der Waals surface area contributed by atoms with E-state index in [4.69, 9.17) is 21.4 Å². The van der Waals surface area contributed by atoms with Crippen molar-refractivity contribution >= 4 is 45.7 Å². The number of allylic oxidation sites excluding steroid dienone is 1. The van der Waals surface area contributed by atoms with E-state index in [-0.39, 0.29) is 6.42 Å². The number of halogens is 2. The Kier molecular flexibility index (Phi) is 6.59. The Morgan fingerprint density at radius 2 is 1.92 bits per heavy atom. The molecule has 0 fully saturated rings. The average Bonchev–Trinajstić information content (AvgIpc) is 3.08. The van der Waals surface area contributed by atoms with Crippen LogP contribution in [0.4, 0.5) is 0 Å². The molecule has 2 aromatic carbocycles. The highest BCUT2D eigenvalue weighted by atomic mass is 127. The first-order chi connectivity index (χ1) is 12.5. The summed E-state index contributed by atoms with van der Waals surface area (Å²) in [7, 11) is 0. The van der Waals surface area contributed by atoms with E-state index in [1.807, 2.05) is 30.3 Å². The summed E-state index contributed by atoms with van der Waals surface area (Å²) in [5, 5.41) is 9.55. The van der Waals surface area contributed by atoms with Gasteiger partial charge < -0.3 is 9.84 Å². The second kappa shape index (κ2) is 8.91. The van der Waals surface area contributed by atoms with Gasteiger partial charge in [-0.1, -0.05) is 29.8 Å². The van der Waals surface area contributed by atoms with Gasteiger partial charge in [0.25, 0.3) is 0 Å². The molecule has 0 spiro atoms. The Balaban J connectivity index is 1.68. The normalized spacial score (nSPS) is 13.9. The second-order valence-corrected chi connectivity index (χ2v) is 7.99. The zero-order valence-corrected chi connectivity index (χ0v) is 17.2. The van der Waals surface area contributed by atoms with Crippen LogP contribution in [0.5, 0.6) is 5.75 Å². The summed E-state index contributed by atoms with van der Waals surface area (Å²) in [5.41, 5.74) is 4.96. The smallest absolute Gasteiger partial charge is 0.303 e. The van der Waals surface area contributed by atoms with Crippen LogP contribution in [0.15, 0.2) is 48.0 Å². The van der Waals surface area contributed by atoms with Crippen LogP contribution in [0.1, 0.15) is 36.8 Å². The largest absolute Gasteiger partial charge is 0.488 e. The predicted molar refractivity (Wildman–Crippen MR) is 113 cm³/mol. The van der Waals surface area contributed by atoms with E-state index in [0.717, 1.165) is 39.2 Å². The average molecular weight is 483 g/mol. The zero-order valence-electron chi connectivity index (χ0n) is 14.3. The summed E-state index contributed by atoms with van der Waals surface area (Å²) >= 11 is 8.24. The Bertz CT molecular complexity index is 828. The summed E-state index contributed by atoms with van der Waals surface area (Å²) in [6, 6.07) is 13.9.